The summed E-state index contributed by atoms with van der Waals surface area (Å²) < 4.78 is 13.5. The molecule has 0 radical (unpaired) electrons. The molecular weight excluding hydrogens is 462 g/mol. The fraction of sp³-hybridized carbons (Fsp3) is 0.520. The predicted octanol–water partition coefficient (Wildman–Crippen LogP) is 3.65. The highest BCUT2D eigenvalue weighted by molar-refractivity contribution is 5.70. The summed E-state index contributed by atoms with van der Waals surface area (Å²) in [7, 11) is 1.86. The van der Waals surface area contributed by atoms with E-state index < -0.39 is 5.97 Å². The molecule has 0 amide bonds. The number of carbonyl (C=O) groups is 1. The van der Waals surface area contributed by atoms with Gasteiger partial charge in [-0.1, -0.05) is 13.8 Å². The minimum atomic E-state index is -0.756. The molecule has 1 aliphatic rings. The summed E-state index contributed by atoms with van der Waals surface area (Å²) in [6.07, 6.45) is 9.38. The third kappa shape index (κ3) is 6.07. The third-order valence-corrected chi connectivity index (χ3v) is 6.23. The topological polar surface area (TPSA) is 137 Å². The highest BCUT2D eigenvalue weighted by atomic mass is 16.5. The number of hydrogen-bond donors (Lipinski definition) is 2. The van der Waals surface area contributed by atoms with Crippen LogP contribution in [-0.4, -0.2) is 53.5 Å². The molecule has 3 aromatic heterocycles. The summed E-state index contributed by atoms with van der Waals surface area (Å²) in [5.74, 6) is 1.03. The van der Waals surface area contributed by atoms with Gasteiger partial charge in [-0.2, -0.15) is 10.1 Å². The van der Waals surface area contributed by atoms with Gasteiger partial charge in [-0.25, -0.2) is 15.0 Å². The van der Waals surface area contributed by atoms with Crippen LogP contribution in [0, 0.1) is 5.92 Å². The molecule has 4 rings (SSSR count). The summed E-state index contributed by atoms with van der Waals surface area (Å²) in [4.78, 5) is 29.4. The van der Waals surface area contributed by atoms with Gasteiger partial charge < -0.3 is 19.9 Å². The van der Waals surface area contributed by atoms with Crippen LogP contribution in [0.3, 0.4) is 0 Å². The first kappa shape index (κ1) is 25.3. The van der Waals surface area contributed by atoms with Gasteiger partial charge in [-0.15, -0.1) is 0 Å². The van der Waals surface area contributed by atoms with Crippen LogP contribution in [0.15, 0.2) is 24.7 Å². The Morgan fingerprint density at radius 3 is 2.86 bits per heavy atom. The van der Waals surface area contributed by atoms with Gasteiger partial charge in [0.1, 0.15) is 0 Å². The molecule has 0 aromatic carbocycles. The van der Waals surface area contributed by atoms with E-state index in [9.17, 15) is 9.90 Å². The van der Waals surface area contributed by atoms with E-state index in [1.165, 1.54) is 0 Å². The van der Waals surface area contributed by atoms with Gasteiger partial charge in [-0.05, 0) is 38.5 Å². The Balaban J connectivity index is 1.49. The van der Waals surface area contributed by atoms with Crippen molar-refractivity contribution >= 4 is 11.9 Å². The van der Waals surface area contributed by atoms with Gasteiger partial charge in [0.2, 0.25) is 11.8 Å². The number of nitrogens with zero attached hydrogens (tertiary/aromatic N) is 6. The normalized spacial score (nSPS) is 17.5. The van der Waals surface area contributed by atoms with E-state index in [1.807, 2.05) is 20.9 Å². The largest absolute Gasteiger partial charge is 0.487 e. The molecular formula is C25H33N7O4. The Hall–Kier alpha value is -3.76. The lowest BCUT2D eigenvalue weighted by Crippen LogP contribution is -2.29. The number of carboxylic acids is 1. The Morgan fingerprint density at radius 2 is 2.08 bits per heavy atom. The highest BCUT2D eigenvalue weighted by Gasteiger charge is 2.29. The van der Waals surface area contributed by atoms with Crippen LogP contribution in [-0.2, 0) is 24.8 Å². The summed E-state index contributed by atoms with van der Waals surface area (Å²) >= 11 is 0. The van der Waals surface area contributed by atoms with E-state index in [1.54, 1.807) is 29.3 Å². The number of nitrogens with one attached hydrogen (secondary N) is 1. The van der Waals surface area contributed by atoms with Gasteiger partial charge in [0, 0.05) is 19.3 Å². The molecule has 11 nitrogen and oxygen atoms in total. The lowest BCUT2D eigenvalue weighted by Gasteiger charge is -2.27. The van der Waals surface area contributed by atoms with E-state index >= 15 is 0 Å². The molecule has 0 bridgehead atoms. The average Bonchev–Trinajstić information content (AvgIpc) is 3.27. The van der Waals surface area contributed by atoms with Crippen LogP contribution in [0.2, 0.25) is 0 Å². The fourth-order valence-electron chi connectivity index (χ4n) is 4.28. The number of aliphatic carboxylic acids is 1. The second-order valence-electron chi connectivity index (χ2n) is 8.85. The number of ether oxygens (including phenoxy) is 2. The van der Waals surface area contributed by atoms with Crippen molar-refractivity contribution in [1.29, 1.82) is 0 Å². The van der Waals surface area contributed by atoms with Crippen molar-refractivity contribution in [3.63, 3.8) is 0 Å². The molecule has 0 spiro atoms. The number of hydrogen-bond acceptors (Lipinski definition) is 9. The first-order valence-electron chi connectivity index (χ1n) is 12.4. The first-order chi connectivity index (χ1) is 17.5. The van der Waals surface area contributed by atoms with Crippen molar-refractivity contribution in [2.24, 2.45) is 13.0 Å². The Bertz CT molecular complexity index is 1180. The fourth-order valence-corrected chi connectivity index (χ4v) is 4.28. The van der Waals surface area contributed by atoms with Crippen molar-refractivity contribution < 1.29 is 19.4 Å². The Morgan fingerprint density at radius 1 is 1.22 bits per heavy atom. The van der Waals surface area contributed by atoms with Gasteiger partial charge in [0.25, 0.3) is 0 Å². The maximum atomic E-state index is 11.4. The van der Waals surface area contributed by atoms with E-state index in [0.29, 0.717) is 55.8 Å². The lowest BCUT2D eigenvalue weighted by molar-refractivity contribution is -0.143. The van der Waals surface area contributed by atoms with Crippen molar-refractivity contribution in [2.75, 3.05) is 11.9 Å². The predicted molar refractivity (Wildman–Crippen MR) is 133 cm³/mol. The standard InChI is InChI=1S/C25H33N7O4/c1-4-11-35-22-9-10-26-25(31-22)28-14-20-18(13-29-32(20)3)23-27-15-21(19(5-2)30-23)36-17-8-6-7-16(12-17)24(33)34/h9-10,13,15-17H,4-8,11-12,14H2,1-3H3,(H,33,34)(H,26,28,31)/t16-,17-/m0/s1. The van der Waals surface area contributed by atoms with Crippen molar-refractivity contribution in [3.05, 3.63) is 36.0 Å². The number of carboxylic acid groups (broad SMARTS) is 1. The van der Waals surface area contributed by atoms with Gasteiger partial charge in [0.15, 0.2) is 11.6 Å². The Labute approximate surface area is 210 Å². The van der Waals surface area contributed by atoms with Crippen LogP contribution in [0.4, 0.5) is 5.95 Å². The molecule has 2 N–H and O–H groups in total. The van der Waals surface area contributed by atoms with Gasteiger partial charge in [-0.3, -0.25) is 9.48 Å². The van der Waals surface area contributed by atoms with Crippen LogP contribution in [0.25, 0.3) is 11.4 Å². The second-order valence-corrected chi connectivity index (χ2v) is 8.85. The smallest absolute Gasteiger partial charge is 0.306 e. The number of anilines is 1. The Kier molecular flexibility index (Phi) is 8.29. The van der Waals surface area contributed by atoms with Gasteiger partial charge >= 0.3 is 5.97 Å². The zero-order valence-corrected chi connectivity index (χ0v) is 21.0. The molecule has 3 aromatic rings. The maximum Gasteiger partial charge on any atom is 0.306 e. The molecule has 36 heavy (non-hydrogen) atoms. The van der Waals surface area contributed by atoms with Gasteiger partial charge in [0.05, 0.1) is 54.5 Å². The molecule has 0 aliphatic heterocycles. The molecule has 0 saturated heterocycles. The summed E-state index contributed by atoms with van der Waals surface area (Å²) in [5, 5.41) is 17.0. The van der Waals surface area contributed by atoms with Crippen LogP contribution in [0.1, 0.15) is 57.3 Å². The van der Waals surface area contributed by atoms with E-state index in [2.05, 4.69) is 25.4 Å². The third-order valence-electron chi connectivity index (χ3n) is 6.23. The van der Waals surface area contributed by atoms with Crippen LogP contribution >= 0.6 is 0 Å². The highest BCUT2D eigenvalue weighted by Crippen LogP contribution is 2.30. The summed E-state index contributed by atoms with van der Waals surface area (Å²) in [6, 6.07) is 1.73. The molecule has 192 valence electrons. The van der Waals surface area contributed by atoms with Crippen molar-refractivity contribution in [1.82, 2.24) is 29.7 Å². The molecule has 1 aliphatic carbocycles. The first-order valence-corrected chi connectivity index (χ1v) is 12.4. The minimum Gasteiger partial charge on any atom is -0.487 e. The molecule has 1 fully saturated rings. The SMILES string of the molecule is CCCOc1ccnc(NCc2c(-c3ncc(O[C@H]4CCC[C@H](C(=O)O)C4)c(CC)n3)cnn2C)n1. The quantitative estimate of drug-likeness (QED) is 0.405. The van der Waals surface area contributed by atoms with E-state index in [-0.39, 0.29) is 12.0 Å². The second kappa shape index (κ2) is 11.8. The number of aryl methyl sites for hydroxylation is 2. The lowest BCUT2D eigenvalue weighted by atomic mass is 9.87. The number of rotatable bonds is 11. The minimum absolute atomic E-state index is 0.144. The number of aromatic nitrogens is 6. The average molecular weight is 496 g/mol. The molecule has 2 atom stereocenters. The summed E-state index contributed by atoms with van der Waals surface area (Å²) in [5.41, 5.74) is 2.46. The van der Waals surface area contributed by atoms with Crippen LogP contribution in [0.5, 0.6) is 11.6 Å². The monoisotopic (exact) mass is 495 g/mol. The van der Waals surface area contributed by atoms with E-state index in [0.717, 1.165) is 36.2 Å². The maximum absolute atomic E-state index is 11.4. The van der Waals surface area contributed by atoms with E-state index in [4.69, 9.17) is 14.5 Å². The van der Waals surface area contributed by atoms with Crippen LogP contribution < -0.4 is 14.8 Å². The zero-order valence-electron chi connectivity index (χ0n) is 21.0. The molecule has 1 saturated carbocycles. The summed E-state index contributed by atoms with van der Waals surface area (Å²) in [6.45, 7) is 5.07. The van der Waals surface area contributed by atoms with Crippen molar-refractivity contribution in [3.8, 4) is 23.0 Å². The van der Waals surface area contributed by atoms with Crippen molar-refractivity contribution in [2.45, 2.75) is 65.0 Å². The zero-order chi connectivity index (χ0) is 25.5. The molecule has 11 heteroatoms. The molecule has 0 unspecified atom stereocenters. The molecule has 3 heterocycles.